The fourth-order valence-electron chi connectivity index (χ4n) is 2.19. The first-order valence-corrected chi connectivity index (χ1v) is 8.64. The van der Waals surface area contributed by atoms with E-state index in [-0.39, 0.29) is 12.5 Å². The van der Waals surface area contributed by atoms with Crippen LogP contribution in [0.25, 0.3) is 6.08 Å². The summed E-state index contributed by atoms with van der Waals surface area (Å²) in [6.45, 7) is 2.21. The van der Waals surface area contributed by atoms with Crippen LogP contribution in [0, 0.1) is 6.92 Å². The number of hydrogen-bond acceptors (Lipinski definition) is 3. The molecule has 130 valence electrons. The standard InChI is InChI=1S/C20H20BrNO3/c1-15-7-3-4-9-17(15)13-22(2)19(23)14-25-20(24)12-11-16-8-5-6-10-18(16)21/h3-12H,13-14H2,1-2H3/b12-11+. The minimum Gasteiger partial charge on any atom is -0.452 e. The second-order valence-corrected chi connectivity index (χ2v) is 6.49. The SMILES string of the molecule is Cc1ccccc1CN(C)C(=O)COC(=O)/C=C/c1ccccc1Br. The Morgan fingerprint density at radius 2 is 1.80 bits per heavy atom. The van der Waals surface area contributed by atoms with E-state index in [9.17, 15) is 9.59 Å². The van der Waals surface area contributed by atoms with Gasteiger partial charge in [-0.3, -0.25) is 4.79 Å². The van der Waals surface area contributed by atoms with Crippen LogP contribution in [0.4, 0.5) is 0 Å². The van der Waals surface area contributed by atoms with Crippen molar-refractivity contribution in [3.8, 4) is 0 Å². The van der Waals surface area contributed by atoms with Crippen molar-refractivity contribution in [1.82, 2.24) is 4.90 Å². The number of esters is 1. The molecule has 0 N–H and O–H groups in total. The topological polar surface area (TPSA) is 46.6 Å². The Morgan fingerprint density at radius 1 is 1.12 bits per heavy atom. The zero-order chi connectivity index (χ0) is 18.2. The minimum absolute atomic E-state index is 0.245. The molecule has 2 aromatic rings. The maximum absolute atomic E-state index is 12.1. The molecule has 0 atom stereocenters. The summed E-state index contributed by atoms with van der Waals surface area (Å²) in [4.78, 5) is 25.4. The van der Waals surface area contributed by atoms with Crippen LogP contribution in [0.3, 0.4) is 0 Å². The van der Waals surface area contributed by atoms with Gasteiger partial charge in [0.15, 0.2) is 6.61 Å². The highest BCUT2D eigenvalue weighted by Crippen LogP contribution is 2.17. The number of hydrogen-bond donors (Lipinski definition) is 0. The van der Waals surface area contributed by atoms with Crippen LogP contribution in [0.5, 0.6) is 0 Å². The summed E-state index contributed by atoms with van der Waals surface area (Å²) >= 11 is 3.40. The van der Waals surface area contributed by atoms with Gasteiger partial charge in [0.05, 0.1) is 0 Å². The molecule has 1 amide bonds. The molecule has 0 unspecified atom stereocenters. The van der Waals surface area contributed by atoms with E-state index in [1.165, 1.54) is 6.08 Å². The molecule has 0 aliphatic heterocycles. The van der Waals surface area contributed by atoms with Gasteiger partial charge >= 0.3 is 5.97 Å². The average Bonchev–Trinajstić information content (AvgIpc) is 2.60. The molecular weight excluding hydrogens is 382 g/mol. The first-order valence-electron chi connectivity index (χ1n) is 7.85. The van der Waals surface area contributed by atoms with Gasteiger partial charge in [-0.1, -0.05) is 58.4 Å². The fourth-order valence-corrected chi connectivity index (χ4v) is 2.61. The number of carbonyl (C=O) groups is 2. The molecule has 2 aromatic carbocycles. The molecule has 0 radical (unpaired) electrons. The molecule has 0 saturated carbocycles. The molecule has 0 aliphatic rings. The van der Waals surface area contributed by atoms with Crippen LogP contribution >= 0.6 is 15.9 Å². The number of aryl methyl sites for hydroxylation is 1. The highest BCUT2D eigenvalue weighted by molar-refractivity contribution is 9.10. The van der Waals surface area contributed by atoms with E-state index in [0.717, 1.165) is 21.2 Å². The number of benzene rings is 2. The van der Waals surface area contributed by atoms with Crippen molar-refractivity contribution in [2.75, 3.05) is 13.7 Å². The van der Waals surface area contributed by atoms with Gasteiger partial charge in [-0.25, -0.2) is 4.79 Å². The van der Waals surface area contributed by atoms with Gasteiger partial charge in [0.2, 0.25) is 0 Å². The summed E-state index contributed by atoms with van der Waals surface area (Å²) in [5.41, 5.74) is 3.05. The summed E-state index contributed by atoms with van der Waals surface area (Å²) in [5.74, 6) is -0.792. The van der Waals surface area contributed by atoms with Crippen molar-refractivity contribution in [3.63, 3.8) is 0 Å². The minimum atomic E-state index is -0.548. The Morgan fingerprint density at radius 3 is 2.52 bits per heavy atom. The van der Waals surface area contributed by atoms with Crippen LogP contribution in [-0.2, 0) is 20.9 Å². The van der Waals surface area contributed by atoms with Crippen LogP contribution in [-0.4, -0.2) is 30.4 Å². The van der Waals surface area contributed by atoms with Gasteiger partial charge in [0.1, 0.15) is 0 Å². The van der Waals surface area contributed by atoms with Crippen LogP contribution < -0.4 is 0 Å². The molecule has 25 heavy (non-hydrogen) atoms. The van der Waals surface area contributed by atoms with E-state index >= 15 is 0 Å². The Labute approximate surface area is 156 Å². The second kappa shape index (κ2) is 9.18. The maximum Gasteiger partial charge on any atom is 0.331 e. The molecule has 2 rings (SSSR count). The first-order chi connectivity index (χ1) is 12.0. The van der Waals surface area contributed by atoms with Gasteiger partial charge in [-0.2, -0.15) is 0 Å². The van der Waals surface area contributed by atoms with E-state index in [1.54, 1.807) is 18.0 Å². The van der Waals surface area contributed by atoms with E-state index in [2.05, 4.69) is 15.9 Å². The van der Waals surface area contributed by atoms with Gasteiger partial charge < -0.3 is 9.64 Å². The molecule has 0 heterocycles. The summed E-state index contributed by atoms with van der Waals surface area (Å²) in [6.07, 6.45) is 2.96. The predicted molar refractivity (Wildman–Crippen MR) is 102 cm³/mol. The van der Waals surface area contributed by atoms with Crippen LogP contribution in [0.2, 0.25) is 0 Å². The van der Waals surface area contributed by atoms with Crippen molar-refractivity contribution < 1.29 is 14.3 Å². The van der Waals surface area contributed by atoms with Crippen molar-refractivity contribution in [2.24, 2.45) is 0 Å². The zero-order valence-corrected chi connectivity index (χ0v) is 15.8. The molecular formula is C20H20BrNO3. The summed E-state index contributed by atoms with van der Waals surface area (Å²) in [7, 11) is 1.69. The number of halogens is 1. The average molecular weight is 402 g/mol. The lowest BCUT2D eigenvalue weighted by Crippen LogP contribution is -2.30. The van der Waals surface area contributed by atoms with Crippen molar-refractivity contribution in [1.29, 1.82) is 0 Å². The zero-order valence-electron chi connectivity index (χ0n) is 14.2. The van der Waals surface area contributed by atoms with Gasteiger partial charge in [0.25, 0.3) is 5.91 Å². The van der Waals surface area contributed by atoms with Gasteiger partial charge in [0, 0.05) is 24.1 Å². The van der Waals surface area contributed by atoms with Crippen LogP contribution in [0.15, 0.2) is 59.1 Å². The highest BCUT2D eigenvalue weighted by atomic mass is 79.9. The fraction of sp³-hybridized carbons (Fsp3) is 0.200. The van der Waals surface area contributed by atoms with E-state index in [1.807, 2.05) is 55.5 Å². The Kier molecular flexibility index (Phi) is 6.95. The van der Waals surface area contributed by atoms with Crippen molar-refractivity contribution in [3.05, 3.63) is 75.8 Å². The number of carbonyl (C=O) groups excluding carboxylic acids is 2. The Bertz CT molecular complexity index is 786. The Balaban J connectivity index is 1.83. The predicted octanol–water partition coefficient (Wildman–Crippen LogP) is 3.97. The first kappa shape index (κ1) is 18.9. The number of ether oxygens (including phenoxy) is 1. The van der Waals surface area contributed by atoms with E-state index in [4.69, 9.17) is 4.74 Å². The second-order valence-electron chi connectivity index (χ2n) is 5.64. The molecule has 0 fully saturated rings. The number of likely N-dealkylation sites (N-methyl/N-ethyl adjacent to an activating group) is 1. The lowest BCUT2D eigenvalue weighted by atomic mass is 10.1. The Hall–Kier alpha value is -2.40. The summed E-state index contributed by atoms with van der Waals surface area (Å²) in [6, 6.07) is 15.4. The monoisotopic (exact) mass is 401 g/mol. The summed E-state index contributed by atoms with van der Waals surface area (Å²) < 4.78 is 5.90. The normalized spacial score (nSPS) is 10.7. The molecule has 5 heteroatoms. The largest absolute Gasteiger partial charge is 0.452 e. The van der Waals surface area contributed by atoms with Gasteiger partial charge in [-0.05, 0) is 35.8 Å². The molecule has 0 saturated heterocycles. The molecule has 0 aliphatic carbocycles. The third-order valence-electron chi connectivity index (χ3n) is 3.74. The van der Waals surface area contributed by atoms with Crippen LogP contribution in [0.1, 0.15) is 16.7 Å². The lowest BCUT2D eigenvalue weighted by Gasteiger charge is -2.18. The molecule has 0 bridgehead atoms. The number of rotatable bonds is 6. The van der Waals surface area contributed by atoms with Crippen molar-refractivity contribution >= 4 is 33.9 Å². The highest BCUT2D eigenvalue weighted by Gasteiger charge is 2.12. The number of nitrogens with zero attached hydrogens (tertiary/aromatic N) is 1. The third-order valence-corrected chi connectivity index (χ3v) is 4.46. The van der Waals surface area contributed by atoms with Crippen molar-refractivity contribution in [2.45, 2.75) is 13.5 Å². The maximum atomic E-state index is 12.1. The van der Waals surface area contributed by atoms with E-state index < -0.39 is 5.97 Å². The molecule has 4 nitrogen and oxygen atoms in total. The number of amides is 1. The lowest BCUT2D eigenvalue weighted by molar-refractivity contribution is -0.147. The third kappa shape index (κ3) is 5.87. The van der Waals surface area contributed by atoms with Gasteiger partial charge in [-0.15, -0.1) is 0 Å². The smallest absolute Gasteiger partial charge is 0.331 e. The van der Waals surface area contributed by atoms with E-state index in [0.29, 0.717) is 6.54 Å². The quantitative estimate of drug-likeness (QED) is 0.543. The molecule has 0 spiro atoms. The summed E-state index contributed by atoms with van der Waals surface area (Å²) in [5, 5.41) is 0. The molecule has 0 aromatic heterocycles.